The maximum absolute atomic E-state index is 10.4. The van der Waals surface area contributed by atoms with E-state index in [0.29, 0.717) is 5.57 Å². The Morgan fingerprint density at radius 1 is 1.29 bits per heavy atom. The molecule has 8 nitrogen and oxygen atoms in total. The van der Waals surface area contributed by atoms with E-state index in [-0.39, 0.29) is 18.4 Å². The zero-order valence-electron chi connectivity index (χ0n) is 11.7. The lowest BCUT2D eigenvalue weighted by Gasteiger charge is -1.84. The number of allylic oxidation sites excluding steroid dienone is 3. The normalized spacial score (nSPS) is 13.0. The van der Waals surface area contributed by atoms with Crippen LogP contribution in [-0.2, 0) is 19.2 Å². The summed E-state index contributed by atoms with van der Waals surface area (Å²) in [4.78, 5) is 39.6. The van der Waals surface area contributed by atoms with Crippen molar-refractivity contribution in [2.24, 2.45) is 5.73 Å². The Bertz CT molecular complexity index is 477. The van der Waals surface area contributed by atoms with Gasteiger partial charge in [0.2, 0.25) is 0 Å². The zero-order valence-corrected chi connectivity index (χ0v) is 11.7. The highest BCUT2D eigenvalue weighted by atomic mass is 16.4. The van der Waals surface area contributed by atoms with Crippen LogP contribution < -0.4 is 11.1 Å². The fraction of sp³-hybridized carbons (Fsp3) is 0.231. The number of amides is 2. The molecule has 116 valence electrons. The van der Waals surface area contributed by atoms with Crippen molar-refractivity contribution >= 4 is 23.8 Å². The van der Waals surface area contributed by atoms with Crippen molar-refractivity contribution in [3.63, 3.8) is 0 Å². The largest absolute Gasteiger partial charge is 0.480 e. The van der Waals surface area contributed by atoms with Gasteiger partial charge in [-0.05, 0) is 13.8 Å². The van der Waals surface area contributed by atoms with Gasteiger partial charge in [0.1, 0.15) is 0 Å². The molecule has 5 N–H and O–H groups in total. The lowest BCUT2D eigenvalue weighted by Crippen LogP contribution is -2.21. The van der Waals surface area contributed by atoms with E-state index in [4.69, 9.17) is 10.2 Å². The van der Waals surface area contributed by atoms with Crippen LogP contribution in [0.15, 0.2) is 36.0 Å². The molecule has 0 saturated carbocycles. The molecular weight excluding hydrogens is 280 g/mol. The molecule has 0 fully saturated rings. The number of aliphatic carboxylic acids is 2. The lowest BCUT2D eigenvalue weighted by molar-refractivity contribution is -0.135. The number of carbonyl (C=O) groups excluding carboxylic acids is 2. The Balaban J connectivity index is 0. The summed E-state index contributed by atoms with van der Waals surface area (Å²) < 4.78 is 0. The Morgan fingerprint density at radius 3 is 2.00 bits per heavy atom. The van der Waals surface area contributed by atoms with E-state index in [1.165, 1.54) is 12.2 Å². The van der Waals surface area contributed by atoms with Crippen molar-refractivity contribution in [3.8, 4) is 0 Å². The number of carbonyl (C=O) groups is 4. The van der Waals surface area contributed by atoms with Gasteiger partial charge in [-0.1, -0.05) is 18.2 Å². The second-order valence-electron chi connectivity index (χ2n) is 3.47. The molecule has 1 rings (SSSR count). The maximum Gasteiger partial charge on any atom is 0.328 e. The van der Waals surface area contributed by atoms with Gasteiger partial charge in [-0.25, -0.2) is 4.79 Å². The molecule has 0 aliphatic carbocycles. The molecule has 0 unspecified atom stereocenters. The standard InChI is InChI=1S/C6H8O2.C5H5NO2.C2H5NO2/c1-2-3-4-5-6(7)8;1-3-2-4(7)6-5(3)8;3-1-2(4)5/h2-5H,1H3,(H,7,8);2H,1H3,(H,6,7,8);1,3H2,(H,4,5). The molecule has 2 amide bonds. The van der Waals surface area contributed by atoms with Gasteiger partial charge in [0.15, 0.2) is 0 Å². The Kier molecular flexibility index (Phi) is 12.1. The minimum atomic E-state index is -0.968. The van der Waals surface area contributed by atoms with Crippen molar-refractivity contribution in [1.29, 1.82) is 0 Å². The Hall–Kier alpha value is -2.74. The number of carboxylic acids is 2. The lowest BCUT2D eigenvalue weighted by atomic mass is 10.3. The molecule has 1 heterocycles. The number of nitrogens with two attached hydrogens (primary N) is 1. The van der Waals surface area contributed by atoms with Crippen molar-refractivity contribution in [3.05, 3.63) is 36.0 Å². The highest BCUT2D eigenvalue weighted by molar-refractivity contribution is 6.15. The number of rotatable bonds is 3. The van der Waals surface area contributed by atoms with E-state index >= 15 is 0 Å². The summed E-state index contributed by atoms with van der Waals surface area (Å²) in [6.07, 6.45) is 7.26. The third-order valence-corrected chi connectivity index (χ3v) is 1.66. The van der Waals surface area contributed by atoms with Crippen LogP contribution in [0.4, 0.5) is 0 Å². The van der Waals surface area contributed by atoms with Crippen LogP contribution in [0.2, 0.25) is 0 Å². The third kappa shape index (κ3) is 15.2. The SMILES string of the molecule is CC1=CC(=O)NC1=O.CC=CC=CC(=O)O.NCC(=O)O. The van der Waals surface area contributed by atoms with Crippen LogP contribution in [0.25, 0.3) is 0 Å². The van der Waals surface area contributed by atoms with Gasteiger partial charge in [-0.3, -0.25) is 19.7 Å². The van der Waals surface area contributed by atoms with E-state index < -0.39 is 11.9 Å². The fourth-order valence-electron chi connectivity index (χ4n) is 0.758. The van der Waals surface area contributed by atoms with Gasteiger partial charge >= 0.3 is 11.9 Å². The number of hydrogen-bond donors (Lipinski definition) is 4. The average Bonchev–Trinajstić information content (AvgIpc) is 2.68. The number of carboxylic acid groups (broad SMARTS) is 2. The molecular formula is C13H18N2O6. The van der Waals surface area contributed by atoms with Crippen molar-refractivity contribution in [2.45, 2.75) is 13.8 Å². The first-order chi connectivity index (χ1) is 9.74. The molecule has 0 atom stereocenters. The third-order valence-electron chi connectivity index (χ3n) is 1.66. The van der Waals surface area contributed by atoms with E-state index in [1.54, 1.807) is 19.1 Å². The van der Waals surface area contributed by atoms with Crippen molar-refractivity contribution < 1.29 is 29.4 Å². The monoisotopic (exact) mass is 298 g/mol. The summed E-state index contributed by atoms with van der Waals surface area (Å²) in [6.45, 7) is 3.15. The first-order valence-corrected chi connectivity index (χ1v) is 5.72. The minimum Gasteiger partial charge on any atom is -0.480 e. The Labute approximate surface area is 121 Å². The number of hydrogen-bond acceptors (Lipinski definition) is 5. The van der Waals surface area contributed by atoms with Gasteiger partial charge in [0, 0.05) is 17.7 Å². The van der Waals surface area contributed by atoms with Gasteiger partial charge in [0.25, 0.3) is 11.8 Å². The maximum atomic E-state index is 10.4. The molecule has 0 aromatic heterocycles. The van der Waals surface area contributed by atoms with Gasteiger partial charge in [0.05, 0.1) is 6.54 Å². The Morgan fingerprint density at radius 2 is 1.81 bits per heavy atom. The molecule has 8 heteroatoms. The first-order valence-electron chi connectivity index (χ1n) is 5.72. The summed E-state index contributed by atoms with van der Waals surface area (Å²) in [5, 5.41) is 17.7. The minimum absolute atomic E-state index is 0.278. The average molecular weight is 298 g/mol. The van der Waals surface area contributed by atoms with E-state index in [2.05, 4.69) is 11.1 Å². The fourth-order valence-corrected chi connectivity index (χ4v) is 0.758. The van der Waals surface area contributed by atoms with Crippen molar-refractivity contribution in [2.75, 3.05) is 6.54 Å². The summed E-state index contributed by atoms with van der Waals surface area (Å²) in [6, 6.07) is 0. The highest BCUT2D eigenvalue weighted by Gasteiger charge is 2.15. The highest BCUT2D eigenvalue weighted by Crippen LogP contribution is 1.97. The molecule has 0 radical (unpaired) electrons. The topological polar surface area (TPSA) is 147 Å². The zero-order chi connectivity index (χ0) is 16.8. The van der Waals surface area contributed by atoms with Crippen LogP contribution in [-0.4, -0.2) is 40.5 Å². The second-order valence-corrected chi connectivity index (χ2v) is 3.47. The van der Waals surface area contributed by atoms with E-state index in [1.807, 2.05) is 6.92 Å². The summed E-state index contributed by atoms with van der Waals surface area (Å²) in [5.41, 5.74) is 5.05. The smallest absolute Gasteiger partial charge is 0.328 e. The molecule has 21 heavy (non-hydrogen) atoms. The summed E-state index contributed by atoms with van der Waals surface area (Å²) in [5.74, 6) is -2.48. The quantitative estimate of drug-likeness (QED) is 0.321. The predicted octanol–water partition coefficient (Wildman–Crippen LogP) is -0.178. The molecule has 0 aromatic carbocycles. The molecule has 1 aliphatic heterocycles. The number of imide groups is 1. The first kappa shape index (κ1) is 20.6. The molecule has 0 aromatic rings. The van der Waals surface area contributed by atoms with Gasteiger partial charge in [-0.2, -0.15) is 0 Å². The number of nitrogens with one attached hydrogen (secondary N) is 1. The van der Waals surface area contributed by atoms with Gasteiger partial charge < -0.3 is 15.9 Å². The molecule has 1 aliphatic rings. The van der Waals surface area contributed by atoms with E-state index in [0.717, 1.165) is 6.08 Å². The van der Waals surface area contributed by atoms with Crippen LogP contribution in [0, 0.1) is 0 Å². The molecule has 0 bridgehead atoms. The van der Waals surface area contributed by atoms with Crippen LogP contribution in [0.5, 0.6) is 0 Å². The van der Waals surface area contributed by atoms with Crippen LogP contribution in [0.1, 0.15) is 13.8 Å². The van der Waals surface area contributed by atoms with Gasteiger partial charge in [-0.15, -0.1) is 0 Å². The van der Waals surface area contributed by atoms with Crippen LogP contribution >= 0.6 is 0 Å². The van der Waals surface area contributed by atoms with Crippen LogP contribution in [0.3, 0.4) is 0 Å². The molecule has 0 saturated heterocycles. The summed E-state index contributed by atoms with van der Waals surface area (Å²) >= 11 is 0. The van der Waals surface area contributed by atoms with E-state index in [9.17, 15) is 19.2 Å². The second kappa shape index (κ2) is 12.3. The predicted molar refractivity (Wildman–Crippen MR) is 75.2 cm³/mol. The summed E-state index contributed by atoms with van der Waals surface area (Å²) in [7, 11) is 0. The van der Waals surface area contributed by atoms with Crippen molar-refractivity contribution in [1.82, 2.24) is 5.32 Å². The molecule has 0 spiro atoms.